The molecule has 0 bridgehead atoms. The fraction of sp³-hybridized carbons (Fsp3) is 0.438. The third kappa shape index (κ3) is 5.50. The van der Waals surface area contributed by atoms with E-state index >= 15 is 0 Å². The smallest absolute Gasteiger partial charge is 0.326 e. The van der Waals surface area contributed by atoms with Gasteiger partial charge in [0.2, 0.25) is 0 Å². The Hall–Kier alpha value is -2.52. The van der Waals surface area contributed by atoms with Crippen molar-refractivity contribution in [3.05, 3.63) is 41.1 Å². The summed E-state index contributed by atoms with van der Waals surface area (Å²) in [5.41, 5.74) is 5.39. The number of carboxylic acid groups (broad SMARTS) is 1. The van der Waals surface area contributed by atoms with Crippen LogP contribution < -0.4 is 16.4 Å². The lowest BCUT2D eigenvalue weighted by atomic mass is 10.0. The largest absolute Gasteiger partial charge is 0.480 e. The van der Waals surface area contributed by atoms with E-state index in [2.05, 4.69) is 15.6 Å². The second-order valence-electron chi connectivity index (χ2n) is 5.65. The number of halogens is 1. The second-order valence-corrected chi connectivity index (χ2v) is 5.65. The van der Waals surface area contributed by atoms with Gasteiger partial charge in [-0.25, -0.2) is 14.2 Å². The first-order valence-electron chi connectivity index (χ1n) is 7.71. The molecule has 9 heteroatoms. The van der Waals surface area contributed by atoms with Crippen molar-refractivity contribution in [1.82, 2.24) is 15.6 Å². The number of aliphatic hydroxyl groups excluding tert-OH is 1. The molecular formula is C16H23FN4O4. The summed E-state index contributed by atoms with van der Waals surface area (Å²) in [5, 5.41) is 24.2. The molecule has 2 atom stereocenters. The van der Waals surface area contributed by atoms with E-state index in [4.69, 9.17) is 10.8 Å². The Morgan fingerprint density at radius 2 is 2.00 bits per heavy atom. The molecule has 0 aliphatic heterocycles. The van der Waals surface area contributed by atoms with E-state index in [1.807, 2.05) is 0 Å². The number of allylic oxidation sites excluding steroid dienone is 1. The van der Waals surface area contributed by atoms with E-state index in [0.717, 1.165) is 6.07 Å². The van der Waals surface area contributed by atoms with Crippen molar-refractivity contribution in [1.29, 1.82) is 0 Å². The Morgan fingerprint density at radius 3 is 2.48 bits per heavy atom. The van der Waals surface area contributed by atoms with Gasteiger partial charge in [-0.05, 0) is 25.0 Å². The number of hydrogen-bond acceptors (Lipinski definition) is 6. The van der Waals surface area contributed by atoms with Gasteiger partial charge in [-0.1, -0.05) is 19.9 Å². The maximum absolute atomic E-state index is 13.4. The van der Waals surface area contributed by atoms with Gasteiger partial charge in [0.15, 0.2) is 6.23 Å². The third-order valence-electron chi connectivity index (χ3n) is 3.46. The number of nitrogens with two attached hydrogens (primary N) is 1. The highest BCUT2D eigenvalue weighted by Crippen LogP contribution is 2.13. The minimum absolute atomic E-state index is 0.0180. The first kappa shape index (κ1) is 20.5. The molecule has 0 saturated heterocycles. The minimum atomic E-state index is -1.40. The number of carboxylic acids is 1. The molecular weight excluding hydrogens is 331 g/mol. The third-order valence-corrected chi connectivity index (χ3v) is 3.46. The summed E-state index contributed by atoms with van der Waals surface area (Å²) in [6.07, 6.45) is -0.0179. The number of carbonyl (C=O) groups is 2. The summed E-state index contributed by atoms with van der Waals surface area (Å²) < 4.78 is 13.4. The molecule has 0 radical (unpaired) electrons. The molecule has 1 unspecified atom stereocenters. The zero-order chi connectivity index (χ0) is 19.1. The van der Waals surface area contributed by atoms with Crippen molar-refractivity contribution < 1.29 is 24.2 Å². The number of rotatable bonds is 8. The molecule has 0 aromatic carbocycles. The summed E-state index contributed by atoms with van der Waals surface area (Å²) >= 11 is 0. The van der Waals surface area contributed by atoms with Crippen LogP contribution in [0.15, 0.2) is 23.9 Å². The first-order valence-corrected chi connectivity index (χ1v) is 7.71. The summed E-state index contributed by atoms with van der Waals surface area (Å²) in [6.45, 7) is 4.72. The normalized spacial score (nSPS) is 14.1. The Kier molecular flexibility index (Phi) is 7.46. The number of carbonyl (C=O) groups excluding carboxylic acids is 1. The fourth-order valence-electron chi connectivity index (χ4n) is 2.03. The van der Waals surface area contributed by atoms with Crippen LogP contribution in [0.5, 0.6) is 0 Å². The molecule has 1 rings (SSSR count). The van der Waals surface area contributed by atoms with Gasteiger partial charge < -0.3 is 26.6 Å². The molecule has 6 N–H and O–H groups in total. The van der Waals surface area contributed by atoms with Gasteiger partial charge in [-0.15, -0.1) is 0 Å². The number of hydrogen-bond donors (Lipinski definition) is 5. The highest BCUT2D eigenvalue weighted by molar-refractivity contribution is 5.95. The molecule has 0 fully saturated rings. The van der Waals surface area contributed by atoms with Crippen molar-refractivity contribution >= 4 is 11.9 Å². The fourth-order valence-corrected chi connectivity index (χ4v) is 2.03. The second kappa shape index (κ2) is 9.09. The molecule has 1 amide bonds. The highest BCUT2D eigenvalue weighted by atomic mass is 19.1. The Bertz CT molecular complexity index is 664. The lowest BCUT2D eigenvalue weighted by Gasteiger charge is -2.21. The SMILES string of the molecule is C/C=C(\NC(O)c1ccc(F)c(CN)n1)C(=O)N[C@H](C(=O)O)C(C)C. The van der Waals surface area contributed by atoms with Gasteiger partial charge >= 0.3 is 5.97 Å². The van der Waals surface area contributed by atoms with Crippen molar-refractivity contribution in [2.75, 3.05) is 0 Å². The molecule has 0 aliphatic rings. The average Bonchev–Trinajstić information content (AvgIpc) is 2.56. The topological polar surface area (TPSA) is 138 Å². The van der Waals surface area contributed by atoms with E-state index in [-0.39, 0.29) is 29.5 Å². The Morgan fingerprint density at radius 1 is 1.36 bits per heavy atom. The van der Waals surface area contributed by atoms with Crippen LogP contribution in [0.2, 0.25) is 0 Å². The number of pyridine rings is 1. The lowest BCUT2D eigenvalue weighted by Crippen LogP contribution is -2.46. The number of nitrogens with one attached hydrogen (secondary N) is 2. The maximum atomic E-state index is 13.4. The van der Waals surface area contributed by atoms with Crippen molar-refractivity contribution in [2.45, 2.75) is 39.6 Å². The number of aliphatic carboxylic acids is 1. The molecule has 0 saturated carbocycles. The van der Waals surface area contributed by atoms with Gasteiger partial charge in [0, 0.05) is 6.54 Å². The molecule has 1 aromatic rings. The summed E-state index contributed by atoms with van der Waals surface area (Å²) in [4.78, 5) is 27.3. The molecule has 8 nitrogen and oxygen atoms in total. The number of aromatic nitrogens is 1. The summed E-state index contributed by atoms with van der Waals surface area (Å²) in [5.74, 6) is -2.77. The monoisotopic (exact) mass is 354 g/mol. The maximum Gasteiger partial charge on any atom is 0.326 e. The van der Waals surface area contributed by atoms with Crippen LogP contribution in [0.1, 0.15) is 38.4 Å². The first-order chi connectivity index (χ1) is 11.7. The molecule has 0 spiro atoms. The number of amides is 1. The minimum Gasteiger partial charge on any atom is -0.480 e. The van der Waals surface area contributed by atoms with Gasteiger partial charge in [0.25, 0.3) is 5.91 Å². The lowest BCUT2D eigenvalue weighted by molar-refractivity contribution is -0.142. The number of aliphatic hydroxyl groups is 1. The van der Waals surface area contributed by atoms with E-state index in [9.17, 15) is 19.1 Å². The summed E-state index contributed by atoms with van der Waals surface area (Å²) in [6, 6.07) is 1.30. The van der Waals surface area contributed by atoms with Gasteiger partial charge in [-0.2, -0.15) is 0 Å². The zero-order valence-electron chi connectivity index (χ0n) is 14.3. The van der Waals surface area contributed by atoms with Crippen molar-refractivity contribution in [3.8, 4) is 0 Å². The predicted octanol–water partition coefficient (Wildman–Crippen LogP) is 0.389. The van der Waals surface area contributed by atoms with Gasteiger partial charge in [0.05, 0.1) is 17.1 Å². The van der Waals surface area contributed by atoms with Crippen molar-refractivity contribution in [2.24, 2.45) is 11.7 Å². The standard InChI is InChI=1S/C16H23FN4O4/c1-4-10(14(22)21-13(8(2)3)16(24)25)20-15(23)11-6-5-9(17)12(7-18)19-11/h4-6,8,13,15,20,23H,7,18H2,1-3H3,(H,21,22)(H,24,25)/b10-4-/t13-,15?/m0/s1. The molecule has 25 heavy (non-hydrogen) atoms. The van der Waals surface area contributed by atoms with E-state index in [1.165, 1.54) is 12.1 Å². The van der Waals surface area contributed by atoms with Crippen LogP contribution in [0.25, 0.3) is 0 Å². The molecule has 0 aliphatic carbocycles. The Labute approximate surface area is 144 Å². The van der Waals surface area contributed by atoms with Crippen LogP contribution >= 0.6 is 0 Å². The average molecular weight is 354 g/mol. The Balaban J connectivity index is 2.87. The van der Waals surface area contributed by atoms with E-state index in [1.54, 1.807) is 20.8 Å². The summed E-state index contributed by atoms with van der Waals surface area (Å²) in [7, 11) is 0. The molecule has 1 aromatic heterocycles. The van der Waals surface area contributed by atoms with E-state index < -0.39 is 30.0 Å². The van der Waals surface area contributed by atoms with Gasteiger partial charge in [0.1, 0.15) is 11.9 Å². The van der Waals surface area contributed by atoms with Crippen LogP contribution in [0.4, 0.5) is 4.39 Å². The number of nitrogens with zero attached hydrogens (tertiary/aromatic N) is 1. The van der Waals surface area contributed by atoms with E-state index in [0.29, 0.717) is 0 Å². The highest BCUT2D eigenvalue weighted by Gasteiger charge is 2.25. The van der Waals surface area contributed by atoms with Crippen LogP contribution in [-0.2, 0) is 16.1 Å². The zero-order valence-corrected chi connectivity index (χ0v) is 14.3. The van der Waals surface area contributed by atoms with Gasteiger partial charge in [-0.3, -0.25) is 4.79 Å². The predicted molar refractivity (Wildman–Crippen MR) is 88.3 cm³/mol. The molecule has 1 heterocycles. The van der Waals surface area contributed by atoms with Crippen LogP contribution in [0.3, 0.4) is 0 Å². The molecule has 138 valence electrons. The van der Waals surface area contributed by atoms with Crippen LogP contribution in [0, 0.1) is 11.7 Å². The van der Waals surface area contributed by atoms with Crippen molar-refractivity contribution in [3.63, 3.8) is 0 Å². The quantitative estimate of drug-likeness (QED) is 0.336. The van der Waals surface area contributed by atoms with Crippen LogP contribution in [-0.4, -0.2) is 33.1 Å².